The van der Waals surface area contributed by atoms with E-state index in [1.165, 1.54) is 49.7 Å². The van der Waals surface area contributed by atoms with Crippen LogP contribution in [0.4, 0.5) is 5.69 Å². The molecule has 0 spiro atoms. The molecule has 0 radical (unpaired) electrons. The van der Waals surface area contributed by atoms with Crippen molar-refractivity contribution < 1.29 is 28.9 Å². The zero-order chi connectivity index (χ0) is 26.3. The molecule has 11 heteroatoms. The van der Waals surface area contributed by atoms with Crippen LogP contribution in [0.1, 0.15) is 22.0 Å². The summed E-state index contributed by atoms with van der Waals surface area (Å²) in [6.45, 7) is 1.86. The number of hydrogen-bond donors (Lipinski definition) is 1. The Hall–Kier alpha value is -2.91. The minimum absolute atomic E-state index is 0.00840. The third-order valence-corrected chi connectivity index (χ3v) is 7.79. The van der Waals surface area contributed by atoms with Crippen LogP contribution in [0.15, 0.2) is 41.3 Å². The fraction of sp³-hybridized carbons (Fsp3) is 0.200. The van der Waals surface area contributed by atoms with Crippen LogP contribution in [-0.2, 0) is 9.59 Å². The van der Waals surface area contributed by atoms with Crippen LogP contribution in [0.25, 0.3) is 5.76 Å². The summed E-state index contributed by atoms with van der Waals surface area (Å²) in [7, 11) is 4.21. The summed E-state index contributed by atoms with van der Waals surface area (Å²) in [5, 5.41) is 13.7. The van der Waals surface area contributed by atoms with Crippen molar-refractivity contribution in [3.8, 4) is 17.2 Å². The normalized spacial score (nSPS) is 17.0. The lowest BCUT2D eigenvalue weighted by Gasteiger charge is -2.25. The summed E-state index contributed by atoms with van der Waals surface area (Å²) in [5.74, 6) is -1.62. The first-order chi connectivity index (χ1) is 17.2. The number of nitrogens with zero attached hydrogens (tertiary/aromatic N) is 1. The van der Waals surface area contributed by atoms with Crippen LogP contribution < -0.4 is 19.1 Å². The van der Waals surface area contributed by atoms with Crippen molar-refractivity contribution in [2.45, 2.75) is 13.0 Å². The zero-order valence-corrected chi connectivity index (χ0v) is 22.6. The predicted octanol–water partition coefficient (Wildman–Crippen LogP) is 6.67. The van der Waals surface area contributed by atoms with Crippen LogP contribution in [0.3, 0.4) is 0 Å². The standard InChI is InChI=1S/C25H20Cl3NO6S/c1-11-7-8-36-24(11)19-17(20(30)13-10-15(27)23(35-4)18(28)22(13)34-3)21(31)25(32)29(19)12-5-6-16(33-2)14(26)9-12/h5-10,19,30H,1-4H3/b20-17+. The van der Waals surface area contributed by atoms with Gasteiger partial charge in [0.1, 0.15) is 22.6 Å². The highest BCUT2D eigenvalue weighted by Crippen LogP contribution is 2.49. The predicted molar refractivity (Wildman–Crippen MR) is 141 cm³/mol. The lowest BCUT2D eigenvalue weighted by Crippen LogP contribution is -2.29. The molecule has 1 atom stereocenters. The van der Waals surface area contributed by atoms with Gasteiger partial charge in [-0.1, -0.05) is 34.8 Å². The van der Waals surface area contributed by atoms with Crippen molar-refractivity contribution >= 4 is 69.3 Å². The van der Waals surface area contributed by atoms with Gasteiger partial charge in [-0.25, -0.2) is 0 Å². The number of hydrogen-bond acceptors (Lipinski definition) is 7. The third kappa shape index (κ3) is 4.18. The Morgan fingerprint density at radius 2 is 1.67 bits per heavy atom. The highest BCUT2D eigenvalue weighted by molar-refractivity contribution is 7.10. The van der Waals surface area contributed by atoms with E-state index < -0.39 is 23.5 Å². The number of anilines is 1. The van der Waals surface area contributed by atoms with Crippen LogP contribution in [0, 0.1) is 6.92 Å². The van der Waals surface area contributed by atoms with Gasteiger partial charge in [0.05, 0.1) is 42.5 Å². The van der Waals surface area contributed by atoms with Gasteiger partial charge in [0.15, 0.2) is 11.5 Å². The second kappa shape index (κ2) is 10.2. The van der Waals surface area contributed by atoms with Gasteiger partial charge in [-0.3, -0.25) is 14.5 Å². The van der Waals surface area contributed by atoms with Crippen LogP contribution in [0.2, 0.25) is 15.1 Å². The molecule has 3 aromatic rings. The summed E-state index contributed by atoms with van der Waals surface area (Å²) < 4.78 is 15.9. The number of halogens is 3. The van der Waals surface area contributed by atoms with E-state index in [0.717, 1.165) is 5.56 Å². The summed E-state index contributed by atoms with van der Waals surface area (Å²) in [4.78, 5) is 28.8. The van der Waals surface area contributed by atoms with Gasteiger partial charge < -0.3 is 19.3 Å². The summed E-state index contributed by atoms with van der Waals surface area (Å²) in [5.41, 5.74) is 1.09. The molecule has 7 nitrogen and oxygen atoms in total. The number of Topliss-reactive ketones (excluding diaryl/α,β-unsaturated/α-hetero) is 1. The molecule has 0 saturated carbocycles. The number of thiophene rings is 1. The maximum Gasteiger partial charge on any atom is 0.300 e. The largest absolute Gasteiger partial charge is 0.507 e. The van der Waals surface area contributed by atoms with E-state index >= 15 is 0 Å². The van der Waals surface area contributed by atoms with Crippen molar-refractivity contribution in [3.05, 3.63) is 72.4 Å². The average molecular weight is 569 g/mol. The Morgan fingerprint density at radius 3 is 2.22 bits per heavy atom. The van der Waals surface area contributed by atoms with Crippen molar-refractivity contribution in [1.29, 1.82) is 0 Å². The third-order valence-electron chi connectivity index (χ3n) is 5.80. The van der Waals surface area contributed by atoms with Gasteiger partial charge in [-0.05, 0) is 48.2 Å². The van der Waals surface area contributed by atoms with Gasteiger partial charge in [0.25, 0.3) is 11.7 Å². The lowest BCUT2D eigenvalue weighted by molar-refractivity contribution is -0.132. The molecule has 1 aliphatic rings. The number of aryl methyl sites for hydroxylation is 1. The van der Waals surface area contributed by atoms with E-state index in [4.69, 9.17) is 49.0 Å². The Morgan fingerprint density at radius 1 is 0.972 bits per heavy atom. The molecule has 0 aliphatic carbocycles. The monoisotopic (exact) mass is 567 g/mol. The summed E-state index contributed by atoms with van der Waals surface area (Å²) >= 11 is 20.4. The van der Waals surface area contributed by atoms with E-state index in [9.17, 15) is 14.7 Å². The lowest BCUT2D eigenvalue weighted by atomic mass is 9.97. The molecule has 36 heavy (non-hydrogen) atoms. The first-order valence-electron chi connectivity index (χ1n) is 10.4. The van der Waals surface area contributed by atoms with Gasteiger partial charge in [-0.2, -0.15) is 0 Å². The van der Waals surface area contributed by atoms with Crippen molar-refractivity contribution in [1.82, 2.24) is 0 Å². The molecule has 1 aromatic heterocycles. The number of ether oxygens (including phenoxy) is 3. The molecule has 1 unspecified atom stereocenters. The van der Waals surface area contributed by atoms with E-state index in [-0.39, 0.29) is 37.7 Å². The van der Waals surface area contributed by atoms with Gasteiger partial charge in [0, 0.05) is 10.6 Å². The highest BCUT2D eigenvalue weighted by Gasteiger charge is 2.48. The smallest absolute Gasteiger partial charge is 0.300 e. The molecule has 1 N–H and O–H groups in total. The SMILES string of the molecule is COc1ccc(N2C(=O)C(=O)/C(=C(/O)c3cc(Cl)c(OC)c(Cl)c3OC)C2c2sccc2C)cc1Cl. The maximum absolute atomic E-state index is 13.4. The zero-order valence-electron chi connectivity index (χ0n) is 19.5. The Labute approximate surface area is 226 Å². The summed E-state index contributed by atoms with van der Waals surface area (Å²) in [6, 6.07) is 7.04. The quantitative estimate of drug-likeness (QED) is 0.203. The van der Waals surface area contributed by atoms with E-state index in [2.05, 4.69) is 0 Å². The number of rotatable bonds is 6. The molecule has 1 saturated heterocycles. The van der Waals surface area contributed by atoms with Crippen molar-refractivity contribution in [2.75, 3.05) is 26.2 Å². The topological polar surface area (TPSA) is 85.3 Å². The van der Waals surface area contributed by atoms with Crippen molar-refractivity contribution in [3.63, 3.8) is 0 Å². The molecular formula is C25H20Cl3NO6S. The second-order valence-corrected chi connectivity index (χ2v) is 9.88. The van der Waals surface area contributed by atoms with E-state index in [0.29, 0.717) is 16.3 Å². The molecule has 4 rings (SSSR count). The number of methoxy groups -OCH3 is 3. The molecule has 1 aliphatic heterocycles. The Balaban J connectivity index is 2.01. The van der Waals surface area contributed by atoms with E-state index in [1.807, 2.05) is 18.4 Å². The van der Waals surface area contributed by atoms with E-state index in [1.54, 1.807) is 12.1 Å². The first kappa shape index (κ1) is 26.2. The van der Waals surface area contributed by atoms with Gasteiger partial charge in [0.2, 0.25) is 0 Å². The molecule has 1 amide bonds. The minimum atomic E-state index is -0.946. The van der Waals surface area contributed by atoms with Crippen molar-refractivity contribution in [2.24, 2.45) is 0 Å². The minimum Gasteiger partial charge on any atom is -0.507 e. The Kier molecular flexibility index (Phi) is 7.43. The van der Waals surface area contributed by atoms with Crippen LogP contribution >= 0.6 is 46.1 Å². The molecule has 1 fully saturated rings. The number of carbonyl (C=O) groups is 2. The fourth-order valence-electron chi connectivity index (χ4n) is 4.11. The van der Waals surface area contributed by atoms with Gasteiger partial charge >= 0.3 is 0 Å². The number of amides is 1. The van der Waals surface area contributed by atoms with Crippen LogP contribution in [0.5, 0.6) is 17.2 Å². The molecule has 2 heterocycles. The van der Waals surface area contributed by atoms with Gasteiger partial charge in [-0.15, -0.1) is 11.3 Å². The number of carbonyl (C=O) groups excluding carboxylic acids is 2. The molecular weight excluding hydrogens is 549 g/mol. The molecule has 2 aromatic carbocycles. The Bertz CT molecular complexity index is 1420. The second-order valence-electron chi connectivity index (χ2n) is 7.74. The molecule has 0 bridgehead atoms. The number of ketones is 1. The number of aliphatic hydroxyl groups is 1. The maximum atomic E-state index is 13.4. The number of benzene rings is 2. The highest BCUT2D eigenvalue weighted by atomic mass is 35.5. The fourth-order valence-corrected chi connectivity index (χ4v) is 6.07. The van der Waals surface area contributed by atoms with Crippen LogP contribution in [-0.4, -0.2) is 38.1 Å². The molecule has 188 valence electrons. The average Bonchev–Trinajstić information content (AvgIpc) is 3.38. The summed E-state index contributed by atoms with van der Waals surface area (Å²) in [6.07, 6.45) is 0. The first-order valence-corrected chi connectivity index (χ1v) is 12.5. The number of aliphatic hydroxyl groups excluding tert-OH is 1.